The quantitative estimate of drug-likeness (QED) is 0.816. The summed E-state index contributed by atoms with van der Waals surface area (Å²) >= 11 is 0. The average Bonchev–Trinajstić information content (AvgIpc) is 2.59. The molecular weight excluding hydrogens is 188 g/mol. The summed E-state index contributed by atoms with van der Waals surface area (Å²) < 4.78 is 0. The highest BCUT2D eigenvalue weighted by atomic mass is 15.1. The number of hydrogen-bond donors (Lipinski definition) is 1. The van der Waals surface area contributed by atoms with Crippen molar-refractivity contribution in [2.75, 3.05) is 0 Å². The number of nitrogens with zero attached hydrogens (tertiary/aromatic N) is 3. The van der Waals surface area contributed by atoms with Crippen LogP contribution in [0.1, 0.15) is 43.9 Å². The molecule has 0 atom stereocenters. The lowest BCUT2D eigenvalue weighted by Gasteiger charge is -1.98. The molecule has 80 valence electrons. The predicted molar refractivity (Wildman–Crippen MR) is 59.9 cm³/mol. The Morgan fingerprint density at radius 1 is 1.20 bits per heavy atom. The molecule has 2 heterocycles. The second-order valence-corrected chi connectivity index (χ2v) is 4.06. The third-order valence-corrected chi connectivity index (χ3v) is 2.50. The highest BCUT2D eigenvalue weighted by Gasteiger charge is 2.10. The van der Waals surface area contributed by atoms with E-state index < -0.39 is 0 Å². The summed E-state index contributed by atoms with van der Waals surface area (Å²) in [7, 11) is 0. The van der Waals surface area contributed by atoms with Crippen molar-refractivity contribution < 1.29 is 0 Å². The van der Waals surface area contributed by atoms with E-state index in [9.17, 15) is 0 Å². The fraction of sp³-hybridized carbons (Fsp3) is 0.545. The Labute approximate surface area is 89.2 Å². The van der Waals surface area contributed by atoms with Gasteiger partial charge in [0, 0.05) is 5.92 Å². The third-order valence-electron chi connectivity index (χ3n) is 2.50. The number of aromatic amines is 1. The van der Waals surface area contributed by atoms with Gasteiger partial charge in [-0.1, -0.05) is 20.8 Å². The summed E-state index contributed by atoms with van der Waals surface area (Å²) in [5.74, 6) is 1.34. The number of H-pyrrole nitrogens is 1. The van der Waals surface area contributed by atoms with Crippen molar-refractivity contribution in [2.45, 2.75) is 40.0 Å². The molecule has 0 aliphatic carbocycles. The molecule has 0 aromatic carbocycles. The third kappa shape index (κ3) is 1.71. The lowest BCUT2D eigenvalue weighted by molar-refractivity contribution is 0.797. The van der Waals surface area contributed by atoms with Crippen LogP contribution in [0.25, 0.3) is 11.3 Å². The minimum Gasteiger partial charge on any atom is -0.325 e. The Bertz CT molecular complexity index is 485. The van der Waals surface area contributed by atoms with Crippen molar-refractivity contribution in [3.05, 3.63) is 17.2 Å². The molecule has 0 saturated carbocycles. The molecule has 2 rings (SSSR count). The van der Waals surface area contributed by atoms with E-state index in [1.54, 1.807) is 0 Å². The topological polar surface area (TPSA) is 54.5 Å². The first kappa shape index (κ1) is 10.1. The predicted octanol–water partition coefficient (Wildman–Crippen LogP) is 2.35. The van der Waals surface area contributed by atoms with Crippen LogP contribution in [0, 0.1) is 6.92 Å². The van der Waals surface area contributed by atoms with Crippen LogP contribution in [0.5, 0.6) is 0 Å². The van der Waals surface area contributed by atoms with Gasteiger partial charge >= 0.3 is 0 Å². The van der Waals surface area contributed by atoms with Crippen LogP contribution in [0.4, 0.5) is 0 Å². The van der Waals surface area contributed by atoms with Crippen LogP contribution >= 0.6 is 0 Å². The zero-order valence-corrected chi connectivity index (χ0v) is 9.63. The van der Waals surface area contributed by atoms with Gasteiger partial charge in [-0.05, 0) is 13.3 Å². The van der Waals surface area contributed by atoms with Crippen molar-refractivity contribution >= 4 is 11.3 Å². The van der Waals surface area contributed by atoms with E-state index in [2.05, 4.69) is 40.7 Å². The van der Waals surface area contributed by atoms with Gasteiger partial charge in [0.1, 0.15) is 5.82 Å². The van der Waals surface area contributed by atoms with Gasteiger partial charge in [-0.2, -0.15) is 0 Å². The molecule has 0 fully saturated rings. The van der Waals surface area contributed by atoms with Crippen LogP contribution < -0.4 is 0 Å². The molecule has 0 spiro atoms. The highest BCUT2D eigenvalue weighted by Crippen LogP contribution is 2.15. The van der Waals surface area contributed by atoms with Gasteiger partial charge in [0.2, 0.25) is 0 Å². The molecule has 0 radical (unpaired) electrons. The Balaban J connectivity index is 2.61. The molecule has 0 bridgehead atoms. The monoisotopic (exact) mass is 204 g/mol. The first-order valence-electron chi connectivity index (χ1n) is 5.35. The summed E-state index contributed by atoms with van der Waals surface area (Å²) in [6.45, 7) is 8.27. The van der Waals surface area contributed by atoms with Gasteiger partial charge in [-0.3, -0.25) is 0 Å². The van der Waals surface area contributed by atoms with Gasteiger partial charge < -0.3 is 4.98 Å². The smallest absolute Gasteiger partial charge is 0.197 e. The number of aryl methyl sites for hydroxylation is 2. The maximum Gasteiger partial charge on any atom is 0.197 e. The number of rotatable bonds is 2. The standard InChI is InChI=1S/C11H16N4/c1-5-8-7(4)12-10-11(13-8)15-9(14-10)6(2)3/h6H,5H2,1-4H3,(H,12,13,14,15). The lowest BCUT2D eigenvalue weighted by atomic mass is 10.2. The average molecular weight is 204 g/mol. The van der Waals surface area contributed by atoms with E-state index in [1.807, 2.05) is 6.92 Å². The molecule has 0 unspecified atom stereocenters. The van der Waals surface area contributed by atoms with Gasteiger partial charge in [0.25, 0.3) is 0 Å². The zero-order chi connectivity index (χ0) is 11.0. The van der Waals surface area contributed by atoms with E-state index >= 15 is 0 Å². The fourth-order valence-electron chi connectivity index (χ4n) is 1.58. The molecule has 4 heteroatoms. The van der Waals surface area contributed by atoms with Crippen molar-refractivity contribution in [3.8, 4) is 0 Å². The van der Waals surface area contributed by atoms with E-state index in [-0.39, 0.29) is 0 Å². The molecule has 4 nitrogen and oxygen atoms in total. The Morgan fingerprint density at radius 3 is 2.53 bits per heavy atom. The summed E-state index contributed by atoms with van der Waals surface area (Å²) in [6.07, 6.45) is 0.908. The maximum absolute atomic E-state index is 4.52. The largest absolute Gasteiger partial charge is 0.325 e. The van der Waals surface area contributed by atoms with E-state index in [0.29, 0.717) is 5.92 Å². The van der Waals surface area contributed by atoms with Gasteiger partial charge in [-0.15, -0.1) is 0 Å². The number of hydrogen-bond acceptors (Lipinski definition) is 3. The zero-order valence-electron chi connectivity index (χ0n) is 9.63. The van der Waals surface area contributed by atoms with Crippen LogP contribution in [0.15, 0.2) is 0 Å². The van der Waals surface area contributed by atoms with E-state index in [0.717, 1.165) is 34.9 Å². The molecule has 2 aromatic heterocycles. The molecule has 15 heavy (non-hydrogen) atoms. The lowest BCUT2D eigenvalue weighted by Crippen LogP contribution is -1.96. The van der Waals surface area contributed by atoms with Crippen LogP contribution in [0.2, 0.25) is 0 Å². The fourth-order valence-corrected chi connectivity index (χ4v) is 1.58. The number of imidazole rings is 1. The number of fused-ring (bicyclic) bond motifs is 1. The molecule has 0 aliphatic heterocycles. The summed E-state index contributed by atoms with van der Waals surface area (Å²) in [5, 5.41) is 0. The summed E-state index contributed by atoms with van der Waals surface area (Å²) in [4.78, 5) is 16.6. The molecule has 0 amide bonds. The highest BCUT2D eigenvalue weighted by molar-refractivity contribution is 5.66. The van der Waals surface area contributed by atoms with Crippen LogP contribution in [-0.2, 0) is 6.42 Å². The Kier molecular flexibility index (Phi) is 2.42. The molecule has 0 aliphatic rings. The second kappa shape index (κ2) is 3.61. The van der Waals surface area contributed by atoms with Crippen molar-refractivity contribution in [1.82, 2.24) is 19.9 Å². The minimum absolute atomic E-state index is 0.381. The first-order valence-corrected chi connectivity index (χ1v) is 5.35. The second-order valence-electron chi connectivity index (χ2n) is 4.06. The SMILES string of the molecule is CCc1nc2[nH]c(C(C)C)nc2nc1C. The number of nitrogens with one attached hydrogen (secondary N) is 1. The summed E-state index contributed by atoms with van der Waals surface area (Å²) in [5.41, 5.74) is 3.56. The molecular formula is C11H16N4. The number of aromatic nitrogens is 4. The molecule has 1 N–H and O–H groups in total. The van der Waals surface area contributed by atoms with Crippen molar-refractivity contribution in [2.24, 2.45) is 0 Å². The Morgan fingerprint density at radius 2 is 1.93 bits per heavy atom. The molecule has 0 saturated heterocycles. The van der Waals surface area contributed by atoms with Gasteiger partial charge in [0.05, 0.1) is 11.4 Å². The van der Waals surface area contributed by atoms with E-state index in [1.165, 1.54) is 0 Å². The first-order chi connectivity index (χ1) is 7.11. The van der Waals surface area contributed by atoms with Crippen LogP contribution in [0.3, 0.4) is 0 Å². The Hall–Kier alpha value is -1.45. The van der Waals surface area contributed by atoms with Gasteiger partial charge in [0.15, 0.2) is 11.3 Å². The maximum atomic E-state index is 4.52. The van der Waals surface area contributed by atoms with Crippen LogP contribution in [-0.4, -0.2) is 19.9 Å². The van der Waals surface area contributed by atoms with E-state index in [4.69, 9.17) is 0 Å². The van der Waals surface area contributed by atoms with Crippen molar-refractivity contribution in [1.29, 1.82) is 0 Å². The molecule has 2 aromatic rings. The van der Waals surface area contributed by atoms with Gasteiger partial charge in [-0.25, -0.2) is 15.0 Å². The van der Waals surface area contributed by atoms with Crippen molar-refractivity contribution in [3.63, 3.8) is 0 Å². The summed E-state index contributed by atoms with van der Waals surface area (Å²) in [6, 6.07) is 0. The normalized spacial score (nSPS) is 11.5. The minimum atomic E-state index is 0.381.